The lowest BCUT2D eigenvalue weighted by Gasteiger charge is -2.29. The van der Waals surface area contributed by atoms with Crippen LogP contribution in [0.5, 0.6) is 5.75 Å². The van der Waals surface area contributed by atoms with Crippen LogP contribution in [0.25, 0.3) is 0 Å². The molecule has 2 aromatic rings. The Morgan fingerprint density at radius 1 is 1.12 bits per heavy atom. The lowest BCUT2D eigenvalue weighted by molar-refractivity contribution is 0.0719. The Hall–Kier alpha value is -2.14. The van der Waals surface area contributed by atoms with Gasteiger partial charge in [0.15, 0.2) is 11.6 Å². The van der Waals surface area contributed by atoms with Crippen LogP contribution in [0, 0.1) is 0 Å². The van der Waals surface area contributed by atoms with Crippen molar-refractivity contribution in [2.45, 2.75) is 19.3 Å². The SMILES string of the molecule is O=C(c1cc2c([nH]1)N(c1cccc(Cl)c1)CCO2)N1CCCCC1. The zero-order chi connectivity index (χ0) is 16.5. The van der Waals surface area contributed by atoms with E-state index in [0.29, 0.717) is 23.9 Å². The highest BCUT2D eigenvalue weighted by atomic mass is 35.5. The number of H-pyrrole nitrogens is 1. The van der Waals surface area contributed by atoms with Gasteiger partial charge in [-0.3, -0.25) is 4.79 Å². The number of anilines is 2. The lowest BCUT2D eigenvalue weighted by atomic mass is 10.1. The predicted octanol–water partition coefficient (Wildman–Crippen LogP) is 3.82. The Balaban J connectivity index is 1.64. The van der Waals surface area contributed by atoms with E-state index < -0.39 is 0 Å². The van der Waals surface area contributed by atoms with Crippen LogP contribution in [0.15, 0.2) is 30.3 Å². The number of likely N-dealkylation sites (tertiary alicyclic amines) is 1. The average molecular weight is 346 g/mol. The minimum Gasteiger partial charge on any atom is -0.488 e. The third kappa shape index (κ3) is 2.84. The summed E-state index contributed by atoms with van der Waals surface area (Å²) in [5.74, 6) is 1.60. The van der Waals surface area contributed by atoms with Crippen LogP contribution < -0.4 is 9.64 Å². The molecular formula is C18H20ClN3O2. The maximum absolute atomic E-state index is 12.7. The molecule has 0 spiro atoms. The van der Waals surface area contributed by atoms with Gasteiger partial charge in [-0.25, -0.2) is 0 Å². The number of piperidine rings is 1. The minimum absolute atomic E-state index is 0.0544. The van der Waals surface area contributed by atoms with Crippen molar-refractivity contribution in [3.05, 3.63) is 41.0 Å². The monoisotopic (exact) mass is 345 g/mol. The molecule has 0 bridgehead atoms. The lowest BCUT2D eigenvalue weighted by Crippen LogP contribution is -2.35. The van der Waals surface area contributed by atoms with E-state index in [1.807, 2.05) is 35.2 Å². The van der Waals surface area contributed by atoms with Gasteiger partial charge in [0.2, 0.25) is 0 Å². The fourth-order valence-electron chi connectivity index (χ4n) is 3.38. The van der Waals surface area contributed by atoms with Crippen LogP contribution in [-0.4, -0.2) is 42.0 Å². The number of nitrogens with one attached hydrogen (secondary N) is 1. The second kappa shape index (κ2) is 6.40. The van der Waals surface area contributed by atoms with Crippen LogP contribution in [0.1, 0.15) is 29.8 Å². The molecular weight excluding hydrogens is 326 g/mol. The average Bonchev–Trinajstić information content (AvgIpc) is 3.06. The molecule has 1 saturated heterocycles. The molecule has 1 fully saturated rings. The number of ether oxygens (including phenoxy) is 1. The van der Waals surface area contributed by atoms with Crippen molar-refractivity contribution < 1.29 is 9.53 Å². The van der Waals surface area contributed by atoms with E-state index in [-0.39, 0.29) is 5.91 Å². The van der Waals surface area contributed by atoms with Crippen molar-refractivity contribution in [2.75, 3.05) is 31.1 Å². The van der Waals surface area contributed by atoms with Crippen molar-refractivity contribution in [3.63, 3.8) is 0 Å². The molecule has 2 aliphatic heterocycles. The number of halogens is 1. The molecule has 0 radical (unpaired) electrons. The molecule has 1 aromatic carbocycles. The largest absolute Gasteiger partial charge is 0.488 e. The molecule has 0 saturated carbocycles. The number of rotatable bonds is 2. The molecule has 24 heavy (non-hydrogen) atoms. The van der Waals surface area contributed by atoms with Crippen molar-refractivity contribution in [3.8, 4) is 5.75 Å². The van der Waals surface area contributed by atoms with E-state index in [9.17, 15) is 4.79 Å². The molecule has 6 heteroatoms. The normalized spacial score (nSPS) is 17.4. The zero-order valence-corrected chi connectivity index (χ0v) is 14.2. The van der Waals surface area contributed by atoms with Crippen LogP contribution in [-0.2, 0) is 0 Å². The van der Waals surface area contributed by atoms with Gasteiger partial charge in [-0.2, -0.15) is 0 Å². The van der Waals surface area contributed by atoms with Gasteiger partial charge >= 0.3 is 0 Å². The molecule has 3 heterocycles. The molecule has 0 unspecified atom stereocenters. The van der Waals surface area contributed by atoms with Gasteiger partial charge in [0.05, 0.1) is 6.54 Å². The summed E-state index contributed by atoms with van der Waals surface area (Å²) in [6, 6.07) is 9.53. The van der Waals surface area contributed by atoms with Crippen LogP contribution in [0.4, 0.5) is 11.5 Å². The standard InChI is InChI=1S/C18H20ClN3O2/c19-13-5-4-6-14(11-13)22-9-10-24-16-12-15(20-17(16)22)18(23)21-7-2-1-3-8-21/h4-6,11-12,20H,1-3,7-10H2. The highest BCUT2D eigenvalue weighted by molar-refractivity contribution is 6.30. The van der Waals surface area contributed by atoms with Crippen LogP contribution >= 0.6 is 11.6 Å². The summed E-state index contributed by atoms with van der Waals surface area (Å²) >= 11 is 6.12. The topological polar surface area (TPSA) is 48.6 Å². The summed E-state index contributed by atoms with van der Waals surface area (Å²) in [5, 5.41) is 0.691. The maximum atomic E-state index is 12.7. The number of carbonyl (C=O) groups excluding carboxylic acids is 1. The van der Waals surface area contributed by atoms with Gasteiger partial charge in [0, 0.05) is 29.9 Å². The third-order valence-electron chi connectivity index (χ3n) is 4.60. The predicted molar refractivity (Wildman–Crippen MR) is 94.5 cm³/mol. The van der Waals surface area contributed by atoms with Gasteiger partial charge < -0.3 is 19.5 Å². The highest BCUT2D eigenvalue weighted by Crippen LogP contribution is 2.37. The number of benzene rings is 1. The number of hydrogen-bond donors (Lipinski definition) is 1. The number of aromatic nitrogens is 1. The van der Waals surface area contributed by atoms with Crippen LogP contribution in [0.3, 0.4) is 0 Å². The van der Waals surface area contributed by atoms with E-state index in [0.717, 1.165) is 43.2 Å². The third-order valence-corrected chi connectivity index (χ3v) is 4.83. The fourth-order valence-corrected chi connectivity index (χ4v) is 3.56. The fraction of sp³-hybridized carbons (Fsp3) is 0.389. The van der Waals surface area contributed by atoms with Crippen molar-refractivity contribution in [1.29, 1.82) is 0 Å². The van der Waals surface area contributed by atoms with Gasteiger partial charge in [-0.05, 0) is 37.5 Å². The van der Waals surface area contributed by atoms with Gasteiger partial charge in [-0.1, -0.05) is 17.7 Å². The van der Waals surface area contributed by atoms with Crippen LogP contribution in [0.2, 0.25) is 5.02 Å². The first kappa shape index (κ1) is 15.4. The Kier molecular flexibility index (Phi) is 4.10. The van der Waals surface area contributed by atoms with Crippen molar-refractivity contribution >= 4 is 29.0 Å². The second-order valence-corrected chi connectivity index (χ2v) is 6.67. The minimum atomic E-state index is 0.0544. The molecule has 4 rings (SSSR count). The number of fused-ring (bicyclic) bond motifs is 1. The van der Waals surface area contributed by atoms with Gasteiger partial charge in [0.25, 0.3) is 5.91 Å². The van der Waals surface area contributed by atoms with Gasteiger partial charge in [0.1, 0.15) is 12.3 Å². The molecule has 1 N–H and O–H groups in total. The van der Waals surface area contributed by atoms with Gasteiger partial charge in [-0.15, -0.1) is 0 Å². The second-order valence-electron chi connectivity index (χ2n) is 6.23. The molecule has 5 nitrogen and oxygen atoms in total. The Morgan fingerprint density at radius 2 is 1.96 bits per heavy atom. The van der Waals surface area contributed by atoms with E-state index in [1.54, 1.807) is 0 Å². The molecule has 126 valence electrons. The number of amides is 1. The number of carbonyl (C=O) groups is 1. The smallest absolute Gasteiger partial charge is 0.270 e. The van der Waals surface area contributed by atoms with E-state index >= 15 is 0 Å². The molecule has 1 aromatic heterocycles. The molecule has 0 atom stereocenters. The Bertz CT molecular complexity index is 752. The first-order chi connectivity index (χ1) is 11.7. The maximum Gasteiger partial charge on any atom is 0.270 e. The molecule has 0 aliphatic carbocycles. The number of hydrogen-bond acceptors (Lipinski definition) is 3. The quantitative estimate of drug-likeness (QED) is 0.900. The highest BCUT2D eigenvalue weighted by Gasteiger charge is 2.27. The summed E-state index contributed by atoms with van der Waals surface area (Å²) in [7, 11) is 0. The Labute approximate surface area is 146 Å². The summed E-state index contributed by atoms with van der Waals surface area (Å²) in [6.07, 6.45) is 3.37. The summed E-state index contributed by atoms with van der Waals surface area (Å²) in [5.41, 5.74) is 1.58. The summed E-state index contributed by atoms with van der Waals surface area (Å²) < 4.78 is 5.75. The van der Waals surface area contributed by atoms with Crippen molar-refractivity contribution in [2.24, 2.45) is 0 Å². The van der Waals surface area contributed by atoms with Crippen molar-refractivity contribution in [1.82, 2.24) is 9.88 Å². The summed E-state index contributed by atoms with van der Waals surface area (Å²) in [6.45, 7) is 2.96. The van der Waals surface area contributed by atoms with E-state index in [2.05, 4.69) is 9.88 Å². The molecule has 2 aliphatic rings. The first-order valence-corrected chi connectivity index (χ1v) is 8.78. The first-order valence-electron chi connectivity index (χ1n) is 8.40. The number of nitrogens with zero attached hydrogens (tertiary/aromatic N) is 2. The van der Waals surface area contributed by atoms with E-state index in [1.165, 1.54) is 6.42 Å². The molecule has 1 amide bonds. The zero-order valence-electron chi connectivity index (χ0n) is 13.4. The van der Waals surface area contributed by atoms with E-state index in [4.69, 9.17) is 16.3 Å². The number of aromatic amines is 1. The Morgan fingerprint density at radius 3 is 2.75 bits per heavy atom. The summed E-state index contributed by atoms with van der Waals surface area (Å²) in [4.78, 5) is 20.0.